The van der Waals surface area contributed by atoms with E-state index < -0.39 is 6.10 Å². The second-order valence-corrected chi connectivity index (χ2v) is 3.54. The van der Waals surface area contributed by atoms with Crippen molar-refractivity contribution in [3.63, 3.8) is 0 Å². The van der Waals surface area contributed by atoms with Crippen LogP contribution in [0.2, 0.25) is 5.02 Å². The monoisotopic (exact) mass is 228 g/mol. The highest BCUT2D eigenvalue weighted by Crippen LogP contribution is 2.25. The highest BCUT2D eigenvalue weighted by molar-refractivity contribution is 6.32. The van der Waals surface area contributed by atoms with Crippen LogP contribution in [-0.2, 0) is 0 Å². The molecule has 82 valence electrons. The van der Waals surface area contributed by atoms with Gasteiger partial charge >= 0.3 is 0 Å². The molecule has 1 rings (SSSR count). The minimum Gasteiger partial charge on any atom is -0.495 e. The van der Waals surface area contributed by atoms with Gasteiger partial charge in [-0.05, 0) is 24.6 Å². The van der Waals surface area contributed by atoms with Crippen LogP contribution in [0.5, 0.6) is 5.75 Å². The number of halogens is 1. The molecule has 1 unspecified atom stereocenters. The molecule has 0 radical (unpaired) electrons. The Balaban J connectivity index is 3.01. The van der Waals surface area contributed by atoms with Crippen molar-refractivity contribution in [2.75, 3.05) is 7.11 Å². The molecule has 0 amide bonds. The van der Waals surface area contributed by atoms with Crippen molar-refractivity contribution in [3.8, 4) is 5.75 Å². The Labute approximate surface area is 93.6 Å². The zero-order chi connectivity index (χ0) is 11.4. The summed E-state index contributed by atoms with van der Waals surface area (Å²) in [5, 5.41) is 9.83. The van der Waals surface area contributed by atoms with E-state index in [4.69, 9.17) is 16.3 Å². The summed E-state index contributed by atoms with van der Waals surface area (Å²) in [6.07, 6.45) is -0.570. The third-order valence-corrected chi connectivity index (χ3v) is 2.44. The van der Waals surface area contributed by atoms with Gasteiger partial charge in [0.15, 0.2) is 5.78 Å². The maximum absolute atomic E-state index is 11.6. The van der Waals surface area contributed by atoms with Gasteiger partial charge in [0.1, 0.15) is 11.9 Å². The van der Waals surface area contributed by atoms with E-state index in [0.29, 0.717) is 22.8 Å². The predicted molar refractivity (Wildman–Crippen MR) is 58.6 cm³/mol. The molecule has 1 aromatic carbocycles. The van der Waals surface area contributed by atoms with Gasteiger partial charge in [-0.1, -0.05) is 18.5 Å². The molecule has 0 aliphatic carbocycles. The van der Waals surface area contributed by atoms with E-state index in [1.807, 2.05) is 0 Å². The zero-order valence-electron chi connectivity index (χ0n) is 8.66. The Morgan fingerprint density at radius 2 is 2.27 bits per heavy atom. The molecule has 3 nitrogen and oxygen atoms in total. The first-order chi connectivity index (χ1) is 7.10. The average Bonchev–Trinajstić information content (AvgIpc) is 2.27. The lowest BCUT2D eigenvalue weighted by molar-refractivity contribution is 0.0740. The molecule has 1 atom stereocenters. The summed E-state index contributed by atoms with van der Waals surface area (Å²) < 4.78 is 4.98. The number of ether oxygens (including phenoxy) is 1. The summed E-state index contributed by atoms with van der Waals surface area (Å²) in [6, 6.07) is 4.69. The molecule has 0 bridgehead atoms. The number of methoxy groups -OCH3 is 1. The van der Waals surface area contributed by atoms with E-state index in [1.54, 1.807) is 19.1 Å². The molecule has 4 heteroatoms. The first kappa shape index (κ1) is 12.0. The van der Waals surface area contributed by atoms with Crippen molar-refractivity contribution >= 4 is 17.4 Å². The molecule has 0 fully saturated rings. The third kappa shape index (κ3) is 2.70. The van der Waals surface area contributed by atoms with Crippen LogP contribution in [0.3, 0.4) is 0 Å². The summed E-state index contributed by atoms with van der Waals surface area (Å²) in [4.78, 5) is 11.6. The van der Waals surface area contributed by atoms with Gasteiger partial charge in [-0.2, -0.15) is 0 Å². The fourth-order valence-electron chi connectivity index (χ4n) is 1.19. The Kier molecular flexibility index (Phi) is 4.12. The van der Waals surface area contributed by atoms with E-state index in [-0.39, 0.29) is 5.78 Å². The first-order valence-corrected chi connectivity index (χ1v) is 5.03. The van der Waals surface area contributed by atoms with Crippen LogP contribution in [0, 0.1) is 0 Å². The predicted octanol–water partition coefficient (Wildman–Crippen LogP) is 2.30. The van der Waals surface area contributed by atoms with E-state index in [1.165, 1.54) is 13.2 Å². The quantitative estimate of drug-likeness (QED) is 0.805. The van der Waals surface area contributed by atoms with Crippen LogP contribution >= 0.6 is 11.6 Å². The van der Waals surface area contributed by atoms with Crippen LogP contribution in [-0.4, -0.2) is 24.1 Å². The number of ketones is 1. The summed E-state index contributed by atoms with van der Waals surface area (Å²) in [6.45, 7) is 1.75. The number of benzene rings is 1. The normalized spacial score (nSPS) is 12.3. The van der Waals surface area contributed by atoms with E-state index in [2.05, 4.69) is 0 Å². The molecule has 0 saturated carbocycles. The molecular weight excluding hydrogens is 216 g/mol. The Morgan fingerprint density at radius 1 is 1.60 bits per heavy atom. The molecule has 0 aromatic heterocycles. The van der Waals surface area contributed by atoms with Crippen molar-refractivity contribution < 1.29 is 14.6 Å². The van der Waals surface area contributed by atoms with Crippen LogP contribution in [0.25, 0.3) is 0 Å². The number of carbonyl (C=O) groups excluding carboxylic acids is 1. The molecule has 0 aliphatic rings. The van der Waals surface area contributed by atoms with Crippen molar-refractivity contribution in [1.29, 1.82) is 0 Å². The fraction of sp³-hybridized carbons (Fsp3) is 0.364. The van der Waals surface area contributed by atoms with Gasteiger partial charge in [0.2, 0.25) is 0 Å². The Hall–Kier alpha value is -1.06. The smallest absolute Gasteiger partial charge is 0.191 e. The number of rotatable bonds is 4. The number of carbonyl (C=O) groups is 1. The van der Waals surface area contributed by atoms with Gasteiger partial charge in [0, 0.05) is 5.56 Å². The minimum atomic E-state index is -0.962. The molecule has 0 spiro atoms. The molecule has 0 heterocycles. The van der Waals surface area contributed by atoms with E-state index >= 15 is 0 Å². The SMILES string of the molecule is CCC(O)C(=O)c1ccc(Cl)c(OC)c1. The van der Waals surface area contributed by atoms with Crippen molar-refractivity contribution in [2.24, 2.45) is 0 Å². The number of hydrogen-bond donors (Lipinski definition) is 1. The lowest BCUT2D eigenvalue weighted by Crippen LogP contribution is -2.19. The van der Waals surface area contributed by atoms with Gasteiger partial charge in [-0.15, -0.1) is 0 Å². The Morgan fingerprint density at radius 3 is 2.80 bits per heavy atom. The molecular formula is C11H13ClO3. The summed E-state index contributed by atoms with van der Waals surface area (Å²) in [5.74, 6) is 0.123. The average molecular weight is 229 g/mol. The summed E-state index contributed by atoms with van der Waals surface area (Å²) >= 11 is 5.82. The highest BCUT2D eigenvalue weighted by atomic mass is 35.5. The highest BCUT2D eigenvalue weighted by Gasteiger charge is 2.16. The minimum absolute atomic E-state index is 0.313. The second-order valence-electron chi connectivity index (χ2n) is 3.14. The Bertz CT molecular complexity index is 363. The second kappa shape index (κ2) is 5.14. The number of Topliss-reactive ketones (excluding diaryl/α,β-unsaturated/α-hetero) is 1. The van der Waals surface area contributed by atoms with Crippen molar-refractivity contribution in [3.05, 3.63) is 28.8 Å². The lowest BCUT2D eigenvalue weighted by atomic mass is 10.0. The van der Waals surface area contributed by atoms with Gasteiger partial charge in [0.05, 0.1) is 12.1 Å². The van der Waals surface area contributed by atoms with Crippen molar-refractivity contribution in [2.45, 2.75) is 19.4 Å². The molecule has 0 aliphatic heterocycles. The largest absolute Gasteiger partial charge is 0.495 e. The summed E-state index contributed by atoms with van der Waals surface area (Å²) in [5.41, 5.74) is 0.408. The van der Waals surface area contributed by atoms with Gasteiger partial charge in [-0.3, -0.25) is 4.79 Å². The number of hydrogen-bond acceptors (Lipinski definition) is 3. The standard InChI is InChI=1S/C11H13ClO3/c1-3-9(13)11(14)7-4-5-8(12)10(6-7)15-2/h4-6,9,13H,3H2,1-2H3. The van der Waals surface area contributed by atoms with Gasteiger partial charge in [-0.25, -0.2) is 0 Å². The van der Waals surface area contributed by atoms with Gasteiger partial charge < -0.3 is 9.84 Å². The van der Waals surface area contributed by atoms with E-state index in [9.17, 15) is 9.90 Å². The van der Waals surface area contributed by atoms with Crippen LogP contribution in [0.15, 0.2) is 18.2 Å². The van der Waals surface area contributed by atoms with E-state index in [0.717, 1.165) is 0 Å². The topological polar surface area (TPSA) is 46.5 Å². The molecule has 15 heavy (non-hydrogen) atoms. The maximum atomic E-state index is 11.6. The van der Waals surface area contributed by atoms with Gasteiger partial charge in [0.25, 0.3) is 0 Å². The first-order valence-electron chi connectivity index (χ1n) is 4.66. The van der Waals surface area contributed by atoms with Crippen LogP contribution < -0.4 is 4.74 Å². The zero-order valence-corrected chi connectivity index (χ0v) is 9.41. The fourth-order valence-corrected chi connectivity index (χ4v) is 1.39. The molecule has 1 aromatic rings. The molecule has 0 saturated heterocycles. The molecule has 1 N–H and O–H groups in total. The summed E-state index contributed by atoms with van der Waals surface area (Å²) in [7, 11) is 1.48. The van der Waals surface area contributed by atoms with Crippen molar-refractivity contribution in [1.82, 2.24) is 0 Å². The number of aliphatic hydroxyl groups excluding tert-OH is 1. The third-order valence-electron chi connectivity index (χ3n) is 2.12. The van der Waals surface area contributed by atoms with Crippen LogP contribution in [0.1, 0.15) is 23.7 Å². The lowest BCUT2D eigenvalue weighted by Gasteiger charge is -2.08. The maximum Gasteiger partial charge on any atom is 0.191 e. The van der Waals surface area contributed by atoms with Crippen LogP contribution in [0.4, 0.5) is 0 Å². The number of aliphatic hydroxyl groups is 1.